The van der Waals surface area contributed by atoms with E-state index in [-0.39, 0.29) is 6.10 Å². The molecule has 0 aromatic heterocycles. The zero-order valence-electron chi connectivity index (χ0n) is 14.0. The summed E-state index contributed by atoms with van der Waals surface area (Å²) in [7, 11) is 3.73. The number of rotatable bonds is 9. The molecule has 4 heteroatoms. The molecule has 1 aliphatic carbocycles. The number of nitrogens with zero attached hydrogens (tertiary/aromatic N) is 1. The lowest BCUT2D eigenvalue weighted by atomic mass is 9.84. The zero-order chi connectivity index (χ0) is 15.2. The highest BCUT2D eigenvalue weighted by Gasteiger charge is 2.41. The Labute approximate surface area is 124 Å². The first-order chi connectivity index (χ1) is 9.40. The summed E-state index contributed by atoms with van der Waals surface area (Å²) < 4.78 is 4.99. The Morgan fingerprint density at radius 1 is 1.45 bits per heavy atom. The monoisotopic (exact) mass is 286 g/mol. The van der Waals surface area contributed by atoms with Crippen molar-refractivity contribution in [1.29, 1.82) is 0 Å². The SMILES string of the molecule is CCCNC1C(CN(C)CC(O)COC)CCC1(C)C. The lowest BCUT2D eigenvalue weighted by Gasteiger charge is -2.34. The first-order valence-corrected chi connectivity index (χ1v) is 7.99. The summed E-state index contributed by atoms with van der Waals surface area (Å²) in [6.45, 7) is 10.2. The van der Waals surface area contributed by atoms with Crippen LogP contribution in [-0.4, -0.2) is 62.6 Å². The fourth-order valence-corrected chi connectivity index (χ4v) is 3.54. The van der Waals surface area contributed by atoms with E-state index in [4.69, 9.17) is 4.74 Å². The third-order valence-corrected chi connectivity index (χ3v) is 4.51. The number of hydrogen-bond acceptors (Lipinski definition) is 4. The average Bonchev–Trinajstić information content (AvgIpc) is 2.62. The largest absolute Gasteiger partial charge is 0.389 e. The van der Waals surface area contributed by atoms with Crippen LogP contribution in [-0.2, 0) is 4.74 Å². The van der Waals surface area contributed by atoms with Crippen molar-refractivity contribution in [3.63, 3.8) is 0 Å². The van der Waals surface area contributed by atoms with Gasteiger partial charge in [-0.2, -0.15) is 0 Å². The number of likely N-dealkylation sites (N-methyl/N-ethyl adjacent to an activating group) is 1. The molecule has 0 bridgehead atoms. The first kappa shape index (κ1) is 17.9. The van der Waals surface area contributed by atoms with Crippen molar-refractivity contribution in [2.24, 2.45) is 11.3 Å². The van der Waals surface area contributed by atoms with Gasteiger partial charge in [0.15, 0.2) is 0 Å². The second-order valence-electron chi connectivity index (χ2n) is 7.05. The molecule has 0 aromatic rings. The van der Waals surface area contributed by atoms with Crippen molar-refractivity contribution in [2.75, 3.05) is 40.4 Å². The van der Waals surface area contributed by atoms with Crippen LogP contribution < -0.4 is 5.32 Å². The lowest BCUT2D eigenvalue weighted by molar-refractivity contribution is 0.0389. The van der Waals surface area contributed by atoms with Crippen LogP contribution in [0.25, 0.3) is 0 Å². The number of aliphatic hydroxyl groups is 1. The van der Waals surface area contributed by atoms with Gasteiger partial charge in [-0.3, -0.25) is 0 Å². The maximum absolute atomic E-state index is 9.82. The van der Waals surface area contributed by atoms with Gasteiger partial charge in [-0.25, -0.2) is 0 Å². The molecule has 0 saturated heterocycles. The summed E-state index contributed by atoms with van der Waals surface area (Å²) >= 11 is 0. The summed E-state index contributed by atoms with van der Waals surface area (Å²) in [5.41, 5.74) is 0.381. The predicted molar refractivity (Wildman–Crippen MR) is 84.0 cm³/mol. The van der Waals surface area contributed by atoms with Crippen molar-refractivity contribution in [2.45, 2.75) is 52.2 Å². The topological polar surface area (TPSA) is 44.7 Å². The quantitative estimate of drug-likeness (QED) is 0.677. The van der Waals surface area contributed by atoms with Crippen molar-refractivity contribution < 1.29 is 9.84 Å². The van der Waals surface area contributed by atoms with Crippen LogP contribution in [0, 0.1) is 11.3 Å². The molecule has 1 saturated carbocycles. The van der Waals surface area contributed by atoms with Gasteiger partial charge in [-0.05, 0) is 44.2 Å². The van der Waals surface area contributed by atoms with Gasteiger partial charge < -0.3 is 20.1 Å². The van der Waals surface area contributed by atoms with E-state index >= 15 is 0 Å². The van der Waals surface area contributed by atoms with Gasteiger partial charge in [0.25, 0.3) is 0 Å². The van der Waals surface area contributed by atoms with Crippen LogP contribution in [0.5, 0.6) is 0 Å². The number of methoxy groups -OCH3 is 1. The summed E-state index contributed by atoms with van der Waals surface area (Å²) in [5, 5.41) is 13.6. The molecule has 0 amide bonds. The molecule has 2 N–H and O–H groups in total. The van der Waals surface area contributed by atoms with Crippen LogP contribution in [0.3, 0.4) is 0 Å². The highest BCUT2D eigenvalue weighted by molar-refractivity contribution is 4.97. The smallest absolute Gasteiger partial charge is 0.0899 e. The predicted octanol–water partition coefficient (Wildman–Crippen LogP) is 1.73. The van der Waals surface area contributed by atoms with Gasteiger partial charge in [0.1, 0.15) is 0 Å². The fraction of sp³-hybridized carbons (Fsp3) is 1.00. The standard InChI is InChI=1S/C16H34N2O2/c1-6-9-17-15-13(7-8-16(15,2)3)10-18(4)11-14(19)12-20-5/h13-15,17,19H,6-12H2,1-5H3. The van der Waals surface area contributed by atoms with E-state index in [1.54, 1.807) is 7.11 Å². The third kappa shape index (κ3) is 5.32. The van der Waals surface area contributed by atoms with Gasteiger partial charge in [-0.1, -0.05) is 20.8 Å². The minimum absolute atomic E-state index is 0.381. The molecule has 0 aliphatic heterocycles. The zero-order valence-corrected chi connectivity index (χ0v) is 14.0. The molecule has 3 atom stereocenters. The van der Waals surface area contributed by atoms with Crippen molar-refractivity contribution in [1.82, 2.24) is 10.2 Å². The number of aliphatic hydroxyl groups excluding tert-OH is 1. The van der Waals surface area contributed by atoms with Crippen LogP contribution in [0.4, 0.5) is 0 Å². The minimum atomic E-state index is -0.388. The highest BCUT2D eigenvalue weighted by Crippen LogP contribution is 2.41. The van der Waals surface area contributed by atoms with E-state index in [1.807, 2.05) is 0 Å². The van der Waals surface area contributed by atoms with E-state index in [9.17, 15) is 5.11 Å². The molecule has 1 rings (SSSR count). The Hall–Kier alpha value is -0.160. The maximum atomic E-state index is 9.82. The van der Waals surface area contributed by atoms with E-state index in [1.165, 1.54) is 19.3 Å². The van der Waals surface area contributed by atoms with Gasteiger partial charge in [0, 0.05) is 26.2 Å². The van der Waals surface area contributed by atoms with Gasteiger partial charge in [-0.15, -0.1) is 0 Å². The highest BCUT2D eigenvalue weighted by atomic mass is 16.5. The lowest BCUT2D eigenvalue weighted by Crippen LogP contribution is -2.46. The maximum Gasteiger partial charge on any atom is 0.0899 e. The Morgan fingerprint density at radius 2 is 2.15 bits per heavy atom. The van der Waals surface area contributed by atoms with Crippen molar-refractivity contribution in [3.05, 3.63) is 0 Å². The van der Waals surface area contributed by atoms with E-state index in [2.05, 4.69) is 38.0 Å². The van der Waals surface area contributed by atoms with Gasteiger partial charge in [0.2, 0.25) is 0 Å². The molecule has 0 spiro atoms. The molecule has 120 valence electrons. The van der Waals surface area contributed by atoms with Gasteiger partial charge >= 0.3 is 0 Å². The number of nitrogens with one attached hydrogen (secondary N) is 1. The molecule has 1 fully saturated rings. The Bertz CT molecular complexity index is 271. The second-order valence-corrected chi connectivity index (χ2v) is 7.05. The molecule has 3 unspecified atom stereocenters. The molecule has 20 heavy (non-hydrogen) atoms. The molecule has 4 nitrogen and oxygen atoms in total. The number of hydrogen-bond donors (Lipinski definition) is 2. The molecule has 0 radical (unpaired) electrons. The molecule has 0 heterocycles. The minimum Gasteiger partial charge on any atom is -0.389 e. The summed E-state index contributed by atoms with van der Waals surface area (Å²) in [6.07, 6.45) is 3.36. The van der Waals surface area contributed by atoms with E-state index < -0.39 is 0 Å². The van der Waals surface area contributed by atoms with E-state index in [0.29, 0.717) is 30.5 Å². The summed E-state index contributed by atoms with van der Waals surface area (Å²) in [6, 6.07) is 0.587. The second kappa shape index (κ2) is 8.32. The van der Waals surface area contributed by atoms with Crippen LogP contribution in [0.15, 0.2) is 0 Å². The molecule has 0 aromatic carbocycles. The summed E-state index contributed by atoms with van der Waals surface area (Å²) in [5.74, 6) is 0.677. The Morgan fingerprint density at radius 3 is 2.75 bits per heavy atom. The summed E-state index contributed by atoms with van der Waals surface area (Å²) in [4.78, 5) is 2.25. The fourth-order valence-electron chi connectivity index (χ4n) is 3.54. The van der Waals surface area contributed by atoms with Crippen molar-refractivity contribution >= 4 is 0 Å². The van der Waals surface area contributed by atoms with Gasteiger partial charge in [0.05, 0.1) is 12.7 Å². The van der Waals surface area contributed by atoms with Crippen LogP contribution in [0.1, 0.15) is 40.0 Å². The Balaban J connectivity index is 2.48. The first-order valence-electron chi connectivity index (χ1n) is 7.99. The molecular formula is C16H34N2O2. The third-order valence-electron chi connectivity index (χ3n) is 4.51. The van der Waals surface area contributed by atoms with Crippen molar-refractivity contribution in [3.8, 4) is 0 Å². The van der Waals surface area contributed by atoms with Crippen LogP contribution >= 0.6 is 0 Å². The molecule has 1 aliphatic rings. The average molecular weight is 286 g/mol. The Kier molecular flexibility index (Phi) is 7.45. The van der Waals surface area contributed by atoms with Crippen LogP contribution in [0.2, 0.25) is 0 Å². The normalized spacial score (nSPS) is 27.1. The molecular weight excluding hydrogens is 252 g/mol. The number of ether oxygens (including phenoxy) is 1. The van der Waals surface area contributed by atoms with E-state index in [0.717, 1.165) is 13.1 Å².